The van der Waals surface area contributed by atoms with Gasteiger partial charge in [0.2, 0.25) is 0 Å². The quantitative estimate of drug-likeness (QED) is 0.801. The molecule has 1 aliphatic rings. The molecule has 2 atom stereocenters. The molecular formula is C18H28FNO. The average molecular weight is 293 g/mol. The first-order valence-corrected chi connectivity index (χ1v) is 8.36. The number of halogens is 1. The molecule has 1 N–H and O–H groups in total. The van der Waals surface area contributed by atoms with Gasteiger partial charge in [-0.15, -0.1) is 0 Å². The van der Waals surface area contributed by atoms with E-state index in [-0.39, 0.29) is 18.0 Å². The van der Waals surface area contributed by atoms with Gasteiger partial charge < -0.3 is 10.1 Å². The molecule has 3 heteroatoms. The first kappa shape index (κ1) is 16.4. The van der Waals surface area contributed by atoms with Crippen LogP contribution in [0.15, 0.2) is 24.3 Å². The second-order valence-corrected chi connectivity index (χ2v) is 5.91. The Bertz CT molecular complexity index is 417. The van der Waals surface area contributed by atoms with Crippen molar-refractivity contribution in [3.63, 3.8) is 0 Å². The number of hydrogen-bond donors (Lipinski definition) is 1. The van der Waals surface area contributed by atoms with Crippen LogP contribution in [0.3, 0.4) is 0 Å². The number of nitrogens with one attached hydrogen (secondary N) is 1. The van der Waals surface area contributed by atoms with Crippen LogP contribution in [0.2, 0.25) is 0 Å². The van der Waals surface area contributed by atoms with Crippen molar-refractivity contribution < 1.29 is 9.13 Å². The minimum Gasteiger partial charge on any atom is -0.376 e. The number of rotatable bonds is 7. The average Bonchev–Trinajstić information content (AvgIpc) is 2.51. The van der Waals surface area contributed by atoms with Crippen molar-refractivity contribution in [1.29, 1.82) is 0 Å². The lowest BCUT2D eigenvalue weighted by Gasteiger charge is -2.36. The molecule has 0 spiro atoms. The number of likely N-dealkylation sites (N-methyl/N-ethyl adjacent to an activating group) is 1. The van der Waals surface area contributed by atoms with Gasteiger partial charge in [-0.2, -0.15) is 0 Å². The van der Waals surface area contributed by atoms with Gasteiger partial charge in [0.05, 0.1) is 12.1 Å². The lowest BCUT2D eigenvalue weighted by Crippen LogP contribution is -2.39. The zero-order valence-corrected chi connectivity index (χ0v) is 13.3. The molecule has 1 aromatic carbocycles. The molecule has 1 aromatic rings. The van der Waals surface area contributed by atoms with Crippen LogP contribution in [-0.2, 0) is 4.74 Å². The Balaban J connectivity index is 2.22. The summed E-state index contributed by atoms with van der Waals surface area (Å²) in [4.78, 5) is 0. The molecule has 1 saturated carbocycles. The fourth-order valence-corrected chi connectivity index (χ4v) is 3.50. The van der Waals surface area contributed by atoms with Gasteiger partial charge in [-0.1, -0.05) is 38.3 Å². The maximum Gasteiger partial charge on any atom is 0.123 e. The van der Waals surface area contributed by atoms with Crippen LogP contribution in [0.1, 0.15) is 57.6 Å². The molecular weight excluding hydrogens is 265 g/mol. The maximum absolute atomic E-state index is 13.6. The molecule has 0 aromatic heterocycles. The predicted molar refractivity (Wildman–Crippen MR) is 84.8 cm³/mol. The summed E-state index contributed by atoms with van der Waals surface area (Å²) < 4.78 is 19.7. The second kappa shape index (κ2) is 8.50. The molecule has 0 saturated heterocycles. The highest BCUT2D eigenvalue weighted by atomic mass is 19.1. The third kappa shape index (κ3) is 4.52. The topological polar surface area (TPSA) is 21.3 Å². The number of benzene rings is 1. The number of ether oxygens (including phenoxy) is 1. The summed E-state index contributed by atoms with van der Waals surface area (Å²) in [6.45, 7) is 5.70. The van der Waals surface area contributed by atoms with Crippen molar-refractivity contribution in [2.75, 3.05) is 13.2 Å². The van der Waals surface area contributed by atoms with Crippen LogP contribution in [0.4, 0.5) is 4.39 Å². The highest BCUT2D eigenvalue weighted by Gasteiger charge is 2.31. The zero-order valence-electron chi connectivity index (χ0n) is 13.3. The Morgan fingerprint density at radius 1 is 1.24 bits per heavy atom. The normalized spacial score (nSPS) is 19.4. The predicted octanol–water partition coefficient (Wildman–Crippen LogP) is 4.46. The highest BCUT2D eigenvalue weighted by Crippen LogP contribution is 2.34. The van der Waals surface area contributed by atoms with Crippen molar-refractivity contribution in [2.24, 2.45) is 5.92 Å². The number of hydrogen-bond acceptors (Lipinski definition) is 2. The molecule has 0 aliphatic heterocycles. The van der Waals surface area contributed by atoms with Crippen molar-refractivity contribution in [2.45, 2.75) is 58.1 Å². The second-order valence-electron chi connectivity index (χ2n) is 5.91. The van der Waals surface area contributed by atoms with E-state index in [0.29, 0.717) is 12.5 Å². The van der Waals surface area contributed by atoms with E-state index in [1.807, 2.05) is 13.0 Å². The molecule has 0 bridgehead atoms. The summed E-state index contributed by atoms with van der Waals surface area (Å²) in [6.07, 6.45) is 6.49. The molecule has 0 heterocycles. The van der Waals surface area contributed by atoms with E-state index in [9.17, 15) is 4.39 Å². The smallest absolute Gasteiger partial charge is 0.123 e. The third-order valence-corrected chi connectivity index (χ3v) is 4.43. The summed E-state index contributed by atoms with van der Waals surface area (Å²) in [6, 6.07) is 7.02. The minimum absolute atomic E-state index is 0.0775. The van der Waals surface area contributed by atoms with Gasteiger partial charge in [0, 0.05) is 6.61 Å². The maximum atomic E-state index is 13.6. The first-order chi connectivity index (χ1) is 10.3. The zero-order chi connectivity index (χ0) is 15.1. The largest absolute Gasteiger partial charge is 0.376 e. The monoisotopic (exact) mass is 293 g/mol. The summed E-state index contributed by atoms with van der Waals surface area (Å²) in [5.74, 6) is 0.403. The van der Waals surface area contributed by atoms with Crippen LogP contribution in [0.25, 0.3) is 0 Å². The van der Waals surface area contributed by atoms with Gasteiger partial charge in [-0.25, -0.2) is 4.39 Å². The molecule has 1 fully saturated rings. The SMILES string of the molecule is CCNC(c1cccc(F)c1)C(OCC)C1CCCCC1. The van der Waals surface area contributed by atoms with Gasteiger partial charge in [-0.3, -0.25) is 0 Å². The standard InChI is InChI=1S/C18H28FNO/c1-3-20-17(15-11-8-12-16(19)13-15)18(21-4-2)14-9-6-5-7-10-14/h8,11-14,17-18,20H,3-7,9-10H2,1-2H3. The minimum atomic E-state index is -0.172. The van der Waals surface area contributed by atoms with Crippen molar-refractivity contribution in [1.82, 2.24) is 5.32 Å². The molecule has 2 nitrogen and oxygen atoms in total. The Kier molecular flexibility index (Phi) is 6.65. The van der Waals surface area contributed by atoms with Crippen LogP contribution in [0.5, 0.6) is 0 Å². The lowest BCUT2D eigenvalue weighted by molar-refractivity contribution is -0.0180. The molecule has 118 valence electrons. The Labute approximate surface area is 128 Å². The van der Waals surface area contributed by atoms with E-state index >= 15 is 0 Å². The fourth-order valence-electron chi connectivity index (χ4n) is 3.50. The van der Waals surface area contributed by atoms with E-state index in [1.165, 1.54) is 38.2 Å². The molecule has 21 heavy (non-hydrogen) atoms. The Morgan fingerprint density at radius 2 is 2.00 bits per heavy atom. The van der Waals surface area contributed by atoms with Crippen LogP contribution < -0.4 is 5.32 Å². The van der Waals surface area contributed by atoms with Crippen LogP contribution >= 0.6 is 0 Å². The van der Waals surface area contributed by atoms with E-state index in [1.54, 1.807) is 12.1 Å². The van der Waals surface area contributed by atoms with Gasteiger partial charge in [0.15, 0.2) is 0 Å². The third-order valence-electron chi connectivity index (χ3n) is 4.43. The van der Waals surface area contributed by atoms with Crippen molar-refractivity contribution in [3.8, 4) is 0 Å². The highest BCUT2D eigenvalue weighted by molar-refractivity contribution is 5.21. The van der Waals surface area contributed by atoms with Crippen molar-refractivity contribution >= 4 is 0 Å². The molecule has 1 aliphatic carbocycles. The van der Waals surface area contributed by atoms with Gasteiger partial charge in [0.1, 0.15) is 5.82 Å². The van der Waals surface area contributed by atoms with Crippen molar-refractivity contribution in [3.05, 3.63) is 35.6 Å². The van der Waals surface area contributed by atoms with Crippen LogP contribution in [0, 0.1) is 11.7 Å². The molecule has 0 radical (unpaired) electrons. The first-order valence-electron chi connectivity index (χ1n) is 8.36. The molecule has 0 amide bonds. The van der Waals surface area contributed by atoms with E-state index in [2.05, 4.69) is 12.2 Å². The molecule has 2 unspecified atom stereocenters. The fraction of sp³-hybridized carbons (Fsp3) is 0.667. The summed E-state index contributed by atoms with van der Waals surface area (Å²) in [5, 5.41) is 3.52. The lowest BCUT2D eigenvalue weighted by atomic mass is 9.81. The Morgan fingerprint density at radius 3 is 2.62 bits per heavy atom. The molecule has 2 rings (SSSR count). The summed E-state index contributed by atoms with van der Waals surface area (Å²) in [5.41, 5.74) is 1.00. The van der Waals surface area contributed by atoms with Crippen LogP contribution in [-0.4, -0.2) is 19.3 Å². The van der Waals surface area contributed by atoms with Gasteiger partial charge in [0.25, 0.3) is 0 Å². The van der Waals surface area contributed by atoms with E-state index in [0.717, 1.165) is 12.1 Å². The van der Waals surface area contributed by atoms with E-state index < -0.39 is 0 Å². The van der Waals surface area contributed by atoms with E-state index in [4.69, 9.17) is 4.74 Å². The summed E-state index contributed by atoms with van der Waals surface area (Å²) in [7, 11) is 0. The van der Waals surface area contributed by atoms with Gasteiger partial charge in [-0.05, 0) is 49.9 Å². The van der Waals surface area contributed by atoms with Gasteiger partial charge >= 0.3 is 0 Å². The summed E-state index contributed by atoms with van der Waals surface area (Å²) >= 11 is 0. The Hall–Kier alpha value is -0.930.